The van der Waals surface area contributed by atoms with Crippen molar-refractivity contribution in [3.05, 3.63) is 23.8 Å². The van der Waals surface area contributed by atoms with Crippen LogP contribution in [-0.2, 0) is 10.0 Å². The summed E-state index contributed by atoms with van der Waals surface area (Å²) < 4.78 is 25.4. The number of aromatic nitrogens is 2. The highest BCUT2D eigenvalue weighted by Crippen LogP contribution is 2.32. The van der Waals surface area contributed by atoms with Gasteiger partial charge in [0.2, 0.25) is 10.0 Å². The summed E-state index contributed by atoms with van der Waals surface area (Å²) in [7, 11) is -3.15. The third-order valence-electron chi connectivity index (χ3n) is 3.04. The Morgan fingerprint density at radius 2 is 2.29 bits per heavy atom. The molecular formula is C11H17N3O2S. The average molecular weight is 255 g/mol. The molecule has 2 rings (SSSR count). The van der Waals surface area contributed by atoms with E-state index >= 15 is 0 Å². The van der Waals surface area contributed by atoms with Crippen LogP contribution in [0.5, 0.6) is 0 Å². The summed E-state index contributed by atoms with van der Waals surface area (Å²) in [6.07, 6.45) is 3.37. The zero-order chi connectivity index (χ0) is 12.5. The molecule has 1 aliphatic rings. The molecular weight excluding hydrogens is 238 g/mol. The van der Waals surface area contributed by atoms with E-state index in [1.807, 2.05) is 13.0 Å². The zero-order valence-electron chi connectivity index (χ0n) is 10.1. The first kappa shape index (κ1) is 12.4. The fraction of sp³-hybridized carbons (Fsp3) is 0.636. The Morgan fingerprint density at radius 3 is 2.94 bits per heavy atom. The number of rotatable bonds is 3. The Kier molecular flexibility index (Phi) is 3.44. The van der Waals surface area contributed by atoms with Gasteiger partial charge in [-0.25, -0.2) is 18.4 Å². The largest absolute Gasteiger partial charge is 0.240 e. The molecule has 1 atom stereocenters. The molecule has 0 saturated carbocycles. The predicted molar refractivity (Wildman–Crippen MR) is 64.9 cm³/mol. The average Bonchev–Trinajstić information content (AvgIpc) is 2.78. The van der Waals surface area contributed by atoms with Gasteiger partial charge in [0.25, 0.3) is 0 Å². The molecule has 17 heavy (non-hydrogen) atoms. The molecule has 0 unspecified atom stereocenters. The molecule has 0 bridgehead atoms. The Balaban J connectivity index is 2.32. The highest BCUT2D eigenvalue weighted by molar-refractivity contribution is 7.89. The van der Waals surface area contributed by atoms with E-state index in [4.69, 9.17) is 0 Å². The monoisotopic (exact) mass is 255 g/mol. The fourth-order valence-corrected chi connectivity index (χ4v) is 3.45. The minimum absolute atomic E-state index is 0.134. The third-order valence-corrected chi connectivity index (χ3v) is 4.92. The van der Waals surface area contributed by atoms with Crippen molar-refractivity contribution in [3.8, 4) is 0 Å². The number of hydrogen-bond donors (Lipinski definition) is 0. The lowest BCUT2D eigenvalue weighted by molar-refractivity contribution is 0.383. The van der Waals surface area contributed by atoms with Crippen LogP contribution in [0, 0.1) is 6.92 Å². The first-order chi connectivity index (χ1) is 8.04. The highest BCUT2D eigenvalue weighted by Gasteiger charge is 2.35. The Hall–Kier alpha value is -1.01. The van der Waals surface area contributed by atoms with E-state index in [0.717, 1.165) is 18.5 Å². The molecule has 0 spiro atoms. The molecule has 6 heteroatoms. The lowest BCUT2D eigenvalue weighted by Gasteiger charge is -2.22. The van der Waals surface area contributed by atoms with Gasteiger partial charge in [0.15, 0.2) is 0 Å². The van der Waals surface area contributed by atoms with Crippen molar-refractivity contribution < 1.29 is 8.42 Å². The van der Waals surface area contributed by atoms with Gasteiger partial charge < -0.3 is 0 Å². The van der Waals surface area contributed by atoms with Crippen LogP contribution in [-0.4, -0.2) is 35.0 Å². The summed E-state index contributed by atoms with van der Waals surface area (Å²) >= 11 is 0. The van der Waals surface area contributed by atoms with Crippen LogP contribution >= 0.6 is 0 Å². The van der Waals surface area contributed by atoms with E-state index in [1.54, 1.807) is 17.4 Å². The Morgan fingerprint density at radius 1 is 1.53 bits per heavy atom. The van der Waals surface area contributed by atoms with E-state index in [-0.39, 0.29) is 11.8 Å². The standard InChI is InChI=1S/C11H17N3O2S/c1-3-17(15,16)14-8-4-5-10(14)11-12-7-6-9(2)13-11/h6-7,10H,3-5,8H2,1-2H3/t10-/m1/s1. The molecule has 1 aliphatic heterocycles. The summed E-state index contributed by atoms with van der Waals surface area (Å²) in [6, 6.07) is 1.64. The smallest absolute Gasteiger partial charge is 0.214 e. The normalized spacial score (nSPS) is 21.9. The SMILES string of the molecule is CCS(=O)(=O)N1CCC[C@@H]1c1nccc(C)n1. The molecule has 1 fully saturated rings. The molecule has 1 aromatic rings. The second kappa shape index (κ2) is 4.70. The highest BCUT2D eigenvalue weighted by atomic mass is 32.2. The molecule has 2 heterocycles. The number of nitrogens with zero attached hydrogens (tertiary/aromatic N) is 3. The van der Waals surface area contributed by atoms with Crippen LogP contribution in [0.15, 0.2) is 12.3 Å². The van der Waals surface area contributed by atoms with Gasteiger partial charge in [-0.2, -0.15) is 4.31 Å². The number of hydrogen-bond acceptors (Lipinski definition) is 4. The lowest BCUT2D eigenvalue weighted by Crippen LogP contribution is -2.32. The van der Waals surface area contributed by atoms with Crippen LogP contribution in [0.1, 0.15) is 37.3 Å². The maximum absolute atomic E-state index is 11.9. The van der Waals surface area contributed by atoms with E-state index in [1.165, 1.54) is 0 Å². The fourth-order valence-electron chi connectivity index (χ4n) is 2.13. The van der Waals surface area contributed by atoms with Gasteiger partial charge in [0.05, 0.1) is 11.8 Å². The van der Waals surface area contributed by atoms with Crippen LogP contribution in [0.2, 0.25) is 0 Å². The van der Waals surface area contributed by atoms with Crippen molar-refractivity contribution in [1.82, 2.24) is 14.3 Å². The number of sulfonamides is 1. The lowest BCUT2D eigenvalue weighted by atomic mass is 10.2. The van der Waals surface area contributed by atoms with E-state index < -0.39 is 10.0 Å². The second-order valence-corrected chi connectivity index (χ2v) is 6.44. The molecule has 1 aromatic heterocycles. The minimum Gasteiger partial charge on any atom is -0.240 e. The van der Waals surface area contributed by atoms with Crippen LogP contribution < -0.4 is 0 Å². The van der Waals surface area contributed by atoms with Crippen molar-refractivity contribution in [2.45, 2.75) is 32.7 Å². The summed E-state index contributed by atoms with van der Waals surface area (Å²) in [5, 5.41) is 0. The molecule has 1 saturated heterocycles. The zero-order valence-corrected chi connectivity index (χ0v) is 10.9. The third kappa shape index (κ3) is 2.47. The first-order valence-electron chi connectivity index (χ1n) is 5.83. The maximum Gasteiger partial charge on any atom is 0.214 e. The van der Waals surface area contributed by atoms with Crippen molar-refractivity contribution in [2.24, 2.45) is 0 Å². The van der Waals surface area contributed by atoms with Gasteiger partial charge >= 0.3 is 0 Å². The summed E-state index contributed by atoms with van der Waals surface area (Å²) in [5.74, 6) is 0.759. The van der Waals surface area contributed by atoms with Gasteiger partial charge in [-0.15, -0.1) is 0 Å². The van der Waals surface area contributed by atoms with Crippen LogP contribution in [0.3, 0.4) is 0 Å². The molecule has 94 valence electrons. The maximum atomic E-state index is 11.9. The summed E-state index contributed by atoms with van der Waals surface area (Å²) in [5.41, 5.74) is 0.871. The summed E-state index contributed by atoms with van der Waals surface area (Å²) in [6.45, 7) is 4.14. The second-order valence-electron chi connectivity index (χ2n) is 4.23. The Labute approximate surface area is 102 Å². The number of aryl methyl sites for hydroxylation is 1. The van der Waals surface area contributed by atoms with E-state index in [9.17, 15) is 8.42 Å². The molecule has 0 radical (unpaired) electrons. The van der Waals surface area contributed by atoms with Gasteiger partial charge in [0.1, 0.15) is 5.82 Å². The molecule has 5 nitrogen and oxygen atoms in total. The van der Waals surface area contributed by atoms with Crippen LogP contribution in [0.4, 0.5) is 0 Å². The molecule has 0 amide bonds. The van der Waals surface area contributed by atoms with Crippen molar-refractivity contribution >= 4 is 10.0 Å². The minimum atomic E-state index is -3.15. The van der Waals surface area contributed by atoms with E-state index in [2.05, 4.69) is 9.97 Å². The van der Waals surface area contributed by atoms with Gasteiger partial charge in [-0.05, 0) is 32.8 Å². The quantitative estimate of drug-likeness (QED) is 0.816. The molecule has 0 aromatic carbocycles. The van der Waals surface area contributed by atoms with Gasteiger partial charge in [-0.3, -0.25) is 0 Å². The van der Waals surface area contributed by atoms with Crippen LogP contribution in [0.25, 0.3) is 0 Å². The van der Waals surface area contributed by atoms with Gasteiger partial charge in [-0.1, -0.05) is 0 Å². The van der Waals surface area contributed by atoms with Crippen molar-refractivity contribution in [3.63, 3.8) is 0 Å². The molecule has 0 aliphatic carbocycles. The van der Waals surface area contributed by atoms with Crippen molar-refractivity contribution in [1.29, 1.82) is 0 Å². The molecule has 0 N–H and O–H groups in total. The first-order valence-corrected chi connectivity index (χ1v) is 7.44. The predicted octanol–water partition coefficient (Wildman–Crippen LogP) is 1.27. The van der Waals surface area contributed by atoms with E-state index in [0.29, 0.717) is 12.4 Å². The topological polar surface area (TPSA) is 63.2 Å². The van der Waals surface area contributed by atoms with Gasteiger partial charge in [0, 0.05) is 18.4 Å². The summed E-state index contributed by atoms with van der Waals surface area (Å²) in [4.78, 5) is 8.54. The van der Waals surface area contributed by atoms with Crippen molar-refractivity contribution in [2.75, 3.05) is 12.3 Å². The Bertz CT molecular complexity index is 501.